The van der Waals surface area contributed by atoms with Gasteiger partial charge in [0.15, 0.2) is 0 Å². The maximum Gasteiger partial charge on any atom is 0.264 e. The van der Waals surface area contributed by atoms with Crippen LogP contribution in [0.15, 0.2) is 0 Å². The van der Waals surface area contributed by atoms with E-state index in [2.05, 4.69) is 14.9 Å². The Morgan fingerprint density at radius 2 is 1.86 bits per heavy atom. The molecule has 0 aromatic carbocycles. The van der Waals surface area contributed by atoms with Gasteiger partial charge in [0.2, 0.25) is 0 Å². The molecule has 1 N–H and O–H groups in total. The van der Waals surface area contributed by atoms with Crippen molar-refractivity contribution in [2.45, 2.75) is 58.3 Å². The van der Waals surface area contributed by atoms with Crippen molar-refractivity contribution in [2.24, 2.45) is 23.2 Å². The summed E-state index contributed by atoms with van der Waals surface area (Å²) in [6, 6.07) is 0. The summed E-state index contributed by atoms with van der Waals surface area (Å²) in [6.07, 6.45) is 10.6. The molecule has 4 bridgehead atoms. The highest BCUT2D eigenvalue weighted by molar-refractivity contribution is 7.08. The van der Waals surface area contributed by atoms with Gasteiger partial charge in [0, 0.05) is 6.54 Å². The molecule has 120 valence electrons. The molecule has 4 aliphatic carbocycles. The zero-order valence-electron chi connectivity index (χ0n) is 13.3. The third kappa shape index (κ3) is 2.57. The van der Waals surface area contributed by atoms with Crippen LogP contribution in [0.5, 0.6) is 0 Å². The minimum atomic E-state index is 0.0246. The number of hydrogen-bond donors (Lipinski definition) is 1. The van der Waals surface area contributed by atoms with Crippen LogP contribution in [0.1, 0.15) is 67.2 Å². The molecular weight excluding hydrogens is 294 g/mol. The van der Waals surface area contributed by atoms with Crippen LogP contribution in [-0.4, -0.2) is 22.0 Å². The Morgan fingerprint density at radius 1 is 1.23 bits per heavy atom. The summed E-state index contributed by atoms with van der Waals surface area (Å²) in [4.78, 5) is 13.0. The highest BCUT2D eigenvalue weighted by Crippen LogP contribution is 2.61. The molecule has 4 nitrogen and oxygen atoms in total. The number of aromatic nitrogens is 2. The zero-order chi connectivity index (χ0) is 15.2. The Bertz CT molecular complexity index is 533. The smallest absolute Gasteiger partial charge is 0.264 e. The molecular formula is C17H25N3OS. The minimum absolute atomic E-state index is 0.0246. The Morgan fingerprint density at radius 3 is 2.45 bits per heavy atom. The second kappa shape index (κ2) is 5.59. The standard InChI is InChI=1S/C17H25N3OS/c1-2-14-15(22-20-19-14)16(21)18-4-3-17-8-11-5-12(9-17)7-13(6-11)10-17/h11-13H,2-10H2,1H3,(H,18,21). The van der Waals surface area contributed by atoms with Crippen molar-refractivity contribution in [1.82, 2.24) is 14.9 Å². The molecule has 0 aliphatic heterocycles. The van der Waals surface area contributed by atoms with Gasteiger partial charge in [0.05, 0.1) is 5.69 Å². The Labute approximate surface area is 136 Å². The van der Waals surface area contributed by atoms with E-state index in [0.717, 1.165) is 42.8 Å². The Balaban J connectivity index is 1.34. The van der Waals surface area contributed by atoms with E-state index in [0.29, 0.717) is 10.3 Å². The summed E-state index contributed by atoms with van der Waals surface area (Å²) < 4.78 is 3.91. The van der Waals surface area contributed by atoms with Gasteiger partial charge >= 0.3 is 0 Å². The summed E-state index contributed by atoms with van der Waals surface area (Å²) in [5, 5.41) is 7.15. The molecule has 5 rings (SSSR count). The summed E-state index contributed by atoms with van der Waals surface area (Å²) in [5.74, 6) is 2.98. The van der Waals surface area contributed by atoms with Crippen LogP contribution in [0.4, 0.5) is 0 Å². The SMILES string of the molecule is CCc1nnsc1C(=O)NCCC12CC3CC(CC(C3)C1)C2. The summed E-state index contributed by atoms with van der Waals surface area (Å²) in [6.45, 7) is 2.83. The van der Waals surface area contributed by atoms with Gasteiger partial charge in [0.25, 0.3) is 5.91 Å². The van der Waals surface area contributed by atoms with Crippen LogP contribution in [0, 0.1) is 23.2 Å². The first kappa shape index (κ1) is 14.6. The van der Waals surface area contributed by atoms with E-state index >= 15 is 0 Å². The highest BCUT2D eigenvalue weighted by Gasteiger charge is 2.50. The van der Waals surface area contributed by atoms with Crippen molar-refractivity contribution in [3.63, 3.8) is 0 Å². The lowest BCUT2D eigenvalue weighted by atomic mass is 9.49. The molecule has 4 fully saturated rings. The number of nitrogens with zero attached hydrogens (tertiary/aromatic N) is 2. The van der Waals surface area contributed by atoms with E-state index in [1.165, 1.54) is 50.1 Å². The predicted octanol–water partition coefficient (Wildman–Crippen LogP) is 3.44. The third-order valence-electron chi connectivity index (χ3n) is 6.20. The Hall–Kier alpha value is -0.970. The van der Waals surface area contributed by atoms with Crippen LogP contribution in [-0.2, 0) is 6.42 Å². The topological polar surface area (TPSA) is 54.9 Å². The lowest BCUT2D eigenvalue weighted by molar-refractivity contribution is -0.0564. The number of carbonyl (C=O) groups excluding carboxylic acids is 1. The van der Waals surface area contributed by atoms with Gasteiger partial charge in [-0.15, -0.1) is 5.10 Å². The summed E-state index contributed by atoms with van der Waals surface area (Å²) in [5.41, 5.74) is 1.37. The lowest BCUT2D eigenvalue weighted by Gasteiger charge is -2.57. The summed E-state index contributed by atoms with van der Waals surface area (Å²) >= 11 is 1.22. The number of nitrogens with one attached hydrogen (secondary N) is 1. The maximum absolute atomic E-state index is 12.3. The molecule has 0 radical (unpaired) electrons. The fourth-order valence-corrected chi connectivity index (χ4v) is 6.40. The molecule has 0 spiro atoms. The van der Waals surface area contributed by atoms with Crippen LogP contribution < -0.4 is 5.32 Å². The van der Waals surface area contributed by atoms with Gasteiger partial charge in [0.1, 0.15) is 4.88 Å². The number of carbonyl (C=O) groups is 1. The second-order valence-corrected chi connectivity index (χ2v) is 8.58. The fraction of sp³-hybridized carbons (Fsp3) is 0.824. The van der Waals surface area contributed by atoms with Crippen molar-refractivity contribution >= 4 is 17.4 Å². The maximum atomic E-state index is 12.3. The quantitative estimate of drug-likeness (QED) is 0.904. The molecule has 4 aliphatic rings. The summed E-state index contributed by atoms with van der Waals surface area (Å²) in [7, 11) is 0. The van der Waals surface area contributed by atoms with Crippen LogP contribution >= 0.6 is 11.5 Å². The molecule has 0 unspecified atom stereocenters. The number of amides is 1. The van der Waals surface area contributed by atoms with Gasteiger partial charge < -0.3 is 5.32 Å². The first-order valence-corrected chi connectivity index (χ1v) is 9.54. The molecule has 1 heterocycles. The molecule has 22 heavy (non-hydrogen) atoms. The molecule has 4 saturated carbocycles. The van der Waals surface area contributed by atoms with E-state index < -0.39 is 0 Å². The molecule has 1 amide bonds. The van der Waals surface area contributed by atoms with E-state index in [9.17, 15) is 4.79 Å². The van der Waals surface area contributed by atoms with Crippen molar-refractivity contribution < 1.29 is 4.79 Å². The van der Waals surface area contributed by atoms with Crippen molar-refractivity contribution in [3.8, 4) is 0 Å². The minimum Gasteiger partial charge on any atom is -0.351 e. The molecule has 5 heteroatoms. The molecule has 1 aromatic heterocycles. The molecule has 1 aromatic rings. The average Bonchev–Trinajstić information content (AvgIpc) is 2.94. The van der Waals surface area contributed by atoms with Crippen molar-refractivity contribution in [2.75, 3.05) is 6.54 Å². The number of rotatable bonds is 5. The van der Waals surface area contributed by atoms with E-state index in [-0.39, 0.29) is 5.91 Å². The first-order valence-electron chi connectivity index (χ1n) is 8.77. The normalized spacial score (nSPS) is 35.8. The van der Waals surface area contributed by atoms with Gasteiger partial charge in [-0.1, -0.05) is 11.4 Å². The third-order valence-corrected chi connectivity index (χ3v) is 6.97. The van der Waals surface area contributed by atoms with E-state index in [1.807, 2.05) is 6.92 Å². The highest BCUT2D eigenvalue weighted by atomic mass is 32.1. The monoisotopic (exact) mass is 319 g/mol. The predicted molar refractivity (Wildman–Crippen MR) is 86.8 cm³/mol. The lowest BCUT2D eigenvalue weighted by Crippen LogP contribution is -2.47. The van der Waals surface area contributed by atoms with Crippen molar-refractivity contribution in [3.05, 3.63) is 10.6 Å². The molecule has 0 atom stereocenters. The van der Waals surface area contributed by atoms with Crippen molar-refractivity contribution in [1.29, 1.82) is 0 Å². The fourth-order valence-electron chi connectivity index (χ4n) is 5.73. The average molecular weight is 319 g/mol. The molecule has 0 saturated heterocycles. The van der Waals surface area contributed by atoms with Crippen LogP contribution in [0.3, 0.4) is 0 Å². The largest absolute Gasteiger partial charge is 0.351 e. The van der Waals surface area contributed by atoms with Crippen LogP contribution in [0.2, 0.25) is 0 Å². The number of hydrogen-bond acceptors (Lipinski definition) is 4. The van der Waals surface area contributed by atoms with Gasteiger partial charge in [-0.25, -0.2) is 0 Å². The van der Waals surface area contributed by atoms with Gasteiger partial charge in [-0.3, -0.25) is 4.79 Å². The second-order valence-electron chi connectivity index (χ2n) is 7.83. The van der Waals surface area contributed by atoms with Crippen LogP contribution in [0.25, 0.3) is 0 Å². The Kier molecular flexibility index (Phi) is 3.71. The van der Waals surface area contributed by atoms with Gasteiger partial charge in [-0.05, 0) is 86.1 Å². The van der Waals surface area contributed by atoms with E-state index in [4.69, 9.17) is 0 Å². The van der Waals surface area contributed by atoms with Gasteiger partial charge in [-0.2, -0.15) is 0 Å². The first-order chi connectivity index (χ1) is 10.7. The zero-order valence-corrected chi connectivity index (χ0v) is 14.1. The number of aryl methyl sites for hydroxylation is 1. The van der Waals surface area contributed by atoms with E-state index in [1.54, 1.807) is 0 Å².